The van der Waals surface area contributed by atoms with Gasteiger partial charge in [0.15, 0.2) is 17.5 Å². The maximum absolute atomic E-state index is 6.57. The van der Waals surface area contributed by atoms with Crippen LogP contribution in [0.3, 0.4) is 0 Å². The van der Waals surface area contributed by atoms with Gasteiger partial charge in [-0.1, -0.05) is 158 Å². The van der Waals surface area contributed by atoms with E-state index < -0.39 is 0 Å². The zero-order chi connectivity index (χ0) is 37.0. The van der Waals surface area contributed by atoms with Crippen molar-refractivity contribution in [1.29, 1.82) is 0 Å². The molecule has 0 amide bonds. The minimum Gasteiger partial charge on any atom is -0.456 e. The average molecular weight is 734 g/mol. The maximum atomic E-state index is 6.57. The molecule has 0 bridgehead atoms. The van der Waals surface area contributed by atoms with Crippen LogP contribution in [-0.4, -0.2) is 15.0 Å². The highest BCUT2D eigenvalue weighted by Crippen LogP contribution is 2.47. The molecule has 0 saturated carbocycles. The highest BCUT2D eigenvalue weighted by molar-refractivity contribution is 7.26. The van der Waals surface area contributed by atoms with Crippen molar-refractivity contribution in [1.82, 2.24) is 15.0 Å². The van der Waals surface area contributed by atoms with Crippen LogP contribution in [-0.2, 0) is 0 Å². The van der Waals surface area contributed by atoms with Gasteiger partial charge in [0.2, 0.25) is 0 Å². The van der Waals surface area contributed by atoms with Crippen LogP contribution in [0.1, 0.15) is 0 Å². The summed E-state index contributed by atoms with van der Waals surface area (Å²) in [4.78, 5) is 14.9. The van der Waals surface area contributed by atoms with Crippen LogP contribution in [0.5, 0.6) is 0 Å². The molecule has 0 aliphatic heterocycles. The van der Waals surface area contributed by atoms with Crippen LogP contribution < -0.4 is 0 Å². The number of hydrogen-bond acceptors (Lipinski definition) is 5. The lowest BCUT2D eigenvalue weighted by atomic mass is 9.91. The second-order valence-electron chi connectivity index (χ2n) is 13.9. The van der Waals surface area contributed by atoms with Gasteiger partial charge >= 0.3 is 0 Å². The molecule has 8 aromatic carbocycles. The van der Waals surface area contributed by atoms with E-state index in [-0.39, 0.29) is 0 Å². The Labute approximate surface area is 327 Å². The van der Waals surface area contributed by atoms with Gasteiger partial charge in [0.25, 0.3) is 0 Å². The highest BCUT2D eigenvalue weighted by atomic mass is 32.1. The van der Waals surface area contributed by atoms with E-state index in [9.17, 15) is 0 Å². The molecule has 56 heavy (non-hydrogen) atoms. The smallest absolute Gasteiger partial charge is 0.164 e. The van der Waals surface area contributed by atoms with Gasteiger partial charge in [-0.25, -0.2) is 15.0 Å². The summed E-state index contributed by atoms with van der Waals surface area (Å²) in [5.74, 6) is 1.90. The van der Waals surface area contributed by atoms with E-state index in [0.29, 0.717) is 17.5 Å². The topological polar surface area (TPSA) is 51.8 Å². The lowest BCUT2D eigenvalue weighted by Crippen LogP contribution is -2.00. The average Bonchev–Trinajstić information content (AvgIpc) is 3.85. The van der Waals surface area contributed by atoms with Crippen LogP contribution in [0, 0.1) is 0 Å². The predicted octanol–water partition coefficient (Wildman–Crippen LogP) is 14.1. The predicted molar refractivity (Wildman–Crippen MR) is 233 cm³/mol. The van der Waals surface area contributed by atoms with E-state index in [1.165, 1.54) is 36.9 Å². The molecular formula is C51H31N3OS. The van der Waals surface area contributed by atoms with Gasteiger partial charge < -0.3 is 4.42 Å². The van der Waals surface area contributed by atoms with Crippen molar-refractivity contribution < 1.29 is 4.42 Å². The van der Waals surface area contributed by atoms with Crippen molar-refractivity contribution in [2.75, 3.05) is 0 Å². The number of aromatic nitrogens is 3. The Hall–Kier alpha value is -7.21. The van der Waals surface area contributed by atoms with Gasteiger partial charge in [-0.3, -0.25) is 0 Å². The molecule has 0 saturated heterocycles. The van der Waals surface area contributed by atoms with Gasteiger partial charge in [0.1, 0.15) is 11.2 Å². The minimum atomic E-state index is 0.621. The highest BCUT2D eigenvalue weighted by Gasteiger charge is 2.20. The molecule has 0 N–H and O–H groups in total. The van der Waals surface area contributed by atoms with E-state index in [4.69, 9.17) is 19.4 Å². The lowest BCUT2D eigenvalue weighted by Gasteiger charge is -2.13. The fraction of sp³-hybridized carbons (Fsp3) is 0. The van der Waals surface area contributed by atoms with E-state index >= 15 is 0 Å². The Kier molecular flexibility index (Phi) is 7.64. The minimum absolute atomic E-state index is 0.621. The summed E-state index contributed by atoms with van der Waals surface area (Å²) >= 11 is 1.86. The third-order valence-electron chi connectivity index (χ3n) is 10.5. The molecule has 11 aromatic rings. The van der Waals surface area contributed by atoms with Gasteiger partial charge in [0.05, 0.1) is 0 Å². The first-order chi connectivity index (χ1) is 27.7. The molecule has 0 radical (unpaired) electrons. The van der Waals surface area contributed by atoms with Gasteiger partial charge in [-0.15, -0.1) is 11.3 Å². The summed E-state index contributed by atoms with van der Waals surface area (Å²) in [7, 11) is 0. The second kappa shape index (κ2) is 13.3. The SMILES string of the molecule is c1ccc(-c2nc(-c3ccccc3)nc(-c3cccc(-c4cccc5oc6ccc(-c7c(-c8ccccc8)ccc8c7sc7ccccc78)cc6c45)c3)n2)cc1. The number of fused-ring (bicyclic) bond motifs is 6. The third kappa shape index (κ3) is 5.48. The molecule has 0 unspecified atom stereocenters. The zero-order valence-corrected chi connectivity index (χ0v) is 30.9. The van der Waals surface area contributed by atoms with Gasteiger partial charge in [0, 0.05) is 53.2 Å². The third-order valence-corrected chi connectivity index (χ3v) is 11.8. The molecule has 3 heterocycles. The maximum Gasteiger partial charge on any atom is 0.164 e. The first-order valence-electron chi connectivity index (χ1n) is 18.7. The molecule has 0 aliphatic rings. The summed E-state index contributed by atoms with van der Waals surface area (Å²) < 4.78 is 9.14. The number of furan rings is 1. The molecule has 5 heteroatoms. The van der Waals surface area contributed by atoms with Crippen molar-refractivity contribution in [3.05, 3.63) is 188 Å². The number of hydrogen-bond donors (Lipinski definition) is 0. The van der Waals surface area contributed by atoms with Crippen molar-refractivity contribution in [3.63, 3.8) is 0 Å². The normalized spacial score (nSPS) is 11.6. The van der Waals surface area contributed by atoms with E-state index in [2.05, 4.69) is 127 Å². The summed E-state index contributed by atoms with van der Waals surface area (Å²) in [6.45, 7) is 0. The molecule has 262 valence electrons. The fourth-order valence-corrected chi connectivity index (χ4v) is 9.19. The first kappa shape index (κ1) is 32.2. The fourth-order valence-electron chi connectivity index (χ4n) is 7.92. The second-order valence-corrected chi connectivity index (χ2v) is 15.0. The van der Waals surface area contributed by atoms with Crippen LogP contribution in [0.25, 0.3) is 110 Å². The summed E-state index contributed by atoms with van der Waals surface area (Å²) in [6, 6.07) is 65.7. The van der Waals surface area contributed by atoms with Crippen molar-refractivity contribution in [2.24, 2.45) is 0 Å². The molecule has 4 nitrogen and oxygen atoms in total. The van der Waals surface area contributed by atoms with Crippen LogP contribution in [0.15, 0.2) is 192 Å². The molecule has 0 aliphatic carbocycles. The number of rotatable bonds is 6. The largest absolute Gasteiger partial charge is 0.456 e. The number of benzene rings is 8. The van der Waals surface area contributed by atoms with Crippen molar-refractivity contribution in [2.45, 2.75) is 0 Å². The van der Waals surface area contributed by atoms with Gasteiger partial charge in [-0.2, -0.15) is 0 Å². The lowest BCUT2D eigenvalue weighted by molar-refractivity contribution is 0.669. The Morgan fingerprint density at radius 3 is 1.70 bits per heavy atom. The van der Waals surface area contributed by atoms with Crippen LogP contribution >= 0.6 is 11.3 Å². The van der Waals surface area contributed by atoms with E-state index in [1.54, 1.807) is 0 Å². The number of nitrogens with zero attached hydrogens (tertiary/aromatic N) is 3. The molecule has 3 aromatic heterocycles. The zero-order valence-electron chi connectivity index (χ0n) is 30.1. The molecule has 0 fully saturated rings. The quantitative estimate of drug-likeness (QED) is 0.171. The monoisotopic (exact) mass is 733 g/mol. The van der Waals surface area contributed by atoms with E-state index in [1.807, 2.05) is 72.0 Å². The summed E-state index contributed by atoms with van der Waals surface area (Å²) in [6.07, 6.45) is 0. The van der Waals surface area contributed by atoms with E-state index in [0.717, 1.165) is 55.3 Å². The summed E-state index contributed by atoms with van der Waals surface area (Å²) in [5.41, 5.74) is 11.5. The molecule has 11 rings (SSSR count). The Bertz CT molecular complexity index is 3180. The Balaban J connectivity index is 1.09. The standard InChI is InChI=1S/C51H31N3OS/c1-4-14-32(15-5-1)39-27-28-41-40-22-10-11-25-45(40)56-48(41)46(39)36-26-29-43-42(31-36)47-38(23-13-24-44(47)55-43)35-20-12-21-37(30-35)51-53-49(33-16-6-2-7-17-33)52-50(54-51)34-18-8-3-9-19-34/h1-31H. The molecule has 0 atom stereocenters. The number of thiophene rings is 1. The molecule has 0 spiro atoms. The summed E-state index contributed by atoms with van der Waals surface area (Å²) in [5, 5.41) is 4.72. The Morgan fingerprint density at radius 2 is 0.964 bits per heavy atom. The first-order valence-corrected chi connectivity index (χ1v) is 19.5. The van der Waals surface area contributed by atoms with Crippen LogP contribution in [0.4, 0.5) is 0 Å². The Morgan fingerprint density at radius 1 is 0.357 bits per heavy atom. The van der Waals surface area contributed by atoms with Crippen molar-refractivity contribution >= 4 is 53.4 Å². The van der Waals surface area contributed by atoms with Gasteiger partial charge in [-0.05, 0) is 58.1 Å². The molecular weight excluding hydrogens is 703 g/mol. The van der Waals surface area contributed by atoms with Crippen molar-refractivity contribution in [3.8, 4) is 67.5 Å². The van der Waals surface area contributed by atoms with Crippen LogP contribution in [0.2, 0.25) is 0 Å².